The number of ether oxygens (including phenoxy) is 1. The van der Waals surface area contributed by atoms with E-state index in [-0.39, 0.29) is 13.0 Å². The van der Waals surface area contributed by atoms with Crippen molar-refractivity contribution in [3.8, 4) is 5.75 Å². The second-order valence-corrected chi connectivity index (χ2v) is 9.40. The molecule has 1 heterocycles. The topological polar surface area (TPSA) is 75.7 Å². The fourth-order valence-corrected chi connectivity index (χ4v) is 5.05. The third-order valence-electron chi connectivity index (χ3n) is 4.93. The standard InChI is InChI=1S/C19H21ClN2O4S/c1-13-12-16(26-3)8-9-17(13)21-18(23)19(2)10-11-22(27(19,24)25)15-6-4-14(20)5-7-15/h4-9,12H,10-11H2,1-3H3,(H,21,23). The average molecular weight is 409 g/mol. The molecule has 6 nitrogen and oxygen atoms in total. The van der Waals surface area contributed by atoms with Crippen molar-refractivity contribution in [1.29, 1.82) is 0 Å². The minimum absolute atomic E-state index is 0.193. The molecule has 1 amide bonds. The van der Waals surface area contributed by atoms with Crippen LogP contribution in [0.3, 0.4) is 0 Å². The molecular formula is C19H21ClN2O4S. The van der Waals surface area contributed by atoms with Crippen LogP contribution in [0, 0.1) is 6.92 Å². The smallest absolute Gasteiger partial charge is 0.249 e. The van der Waals surface area contributed by atoms with E-state index in [1.807, 2.05) is 6.92 Å². The molecule has 1 atom stereocenters. The SMILES string of the molecule is COc1ccc(NC(=O)C2(C)CCN(c3ccc(Cl)cc3)S2(=O)=O)c(C)c1. The first-order valence-corrected chi connectivity index (χ1v) is 10.2. The monoisotopic (exact) mass is 408 g/mol. The third-order valence-corrected chi connectivity index (χ3v) is 7.68. The van der Waals surface area contributed by atoms with Crippen molar-refractivity contribution in [2.24, 2.45) is 0 Å². The fourth-order valence-electron chi connectivity index (χ4n) is 3.07. The number of benzene rings is 2. The lowest BCUT2D eigenvalue weighted by molar-refractivity contribution is -0.118. The summed E-state index contributed by atoms with van der Waals surface area (Å²) >= 11 is 5.88. The van der Waals surface area contributed by atoms with Gasteiger partial charge in [-0.2, -0.15) is 0 Å². The number of carbonyl (C=O) groups is 1. The minimum atomic E-state index is -3.88. The summed E-state index contributed by atoms with van der Waals surface area (Å²) in [5.74, 6) is 0.117. The summed E-state index contributed by atoms with van der Waals surface area (Å²) in [4.78, 5) is 12.9. The first-order valence-electron chi connectivity index (χ1n) is 8.43. The first kappa shape index (κ1) is 19.5. The van der Waals surface area contributed by atoms with E-state index < -0.39 is 20.7 Å². The van der Waals surface area contributed by atoms with Crippen LogP contribution in [0.25, 0.3) is 0 Å². The minimum Gasteiger partial charge on any atom is -0.497 e. The van der Waals surface area contributed by atoms with Gasteiger partial charge in [0.2, 0.25) is 15.9 Å². The number of hydrogen-bond donors (Lipinski definition) is 1. The number of rotatable bonds is 4. The van der Waals surface area contributed by atoms with Gasteiger partial charge in [0.15, 0.2) is 4.75 Å². The number of anilines is 2. The molecule has 1 aliphatic rings. The van der Waals surface area contributed by atoms with E-state index in [2.05, 4.69) is 5.32 Å². The Morgan fingerprint density at radius 3 is 2.48 bits per heavy atom. The van der Waals surface area contributed by atoms with Gasteiger partial charge in [0.1, 0.15) is 5.75 Å². The first-order chi connectivity index (χ1) is 12.7. The zero-order valence-corrected chi connectivity index (χ0v) is 16.9. The second-order valence-electron chi connectivity index (χ2n) is 6.67. The van der Waals surface area contributed by atoms with Gasteiger partial charge >= 0.3 is 0 Å². The van der Waals surface area contributed by atoms with Gasteiger partial charge in [-0.05, 0) is 68.3 Å². The molecule has 1 unspecified atom stereocenters. The fraction of sp³-hybridized carbons (Fsp3) is 0.316. The van der Waals surface area contributed by atoms with E-state index in [0.29, 0.717) is 22.1 Å². The van der Waals surface area contributed by atoms with E-state index >= 15 is 0 Å². The van der Waals surface area contributed by atoms with Crippen LogP contribution in [0.5, 0.6) is 5.75 Å². The lowest BCUT2D eigenvalue weighted by Gasteiger charge is -2.25. The molecule has 144 valence electrons. The number of hydrogen-bond acceptors (Lipinski definition) is 4. The van der Waals surface area contributed by atoms with Gasteiger partial charge in [0.05, 0.1) is 12.8 Å². The zero-order valence-electron chi connectivity index (χ0n) is 15.3. The van der Waals surface area contributed by atoms with Crippen LogP contribution in [-0.2, 0) is 14.8 Å². The van der Waals surface area contributed by atoms with E-state index in [0.717, 1.165) is 5.56 Å². The van der Waals surface area contributed by atoms with Gasteiger partial charge in [-0.3, -0.25) is 9.10 Å². The summed E-state index contributed by atoms with van der Waals surface area (Å²) in [6.07, 6.45) is 0.193. The van der Waals surface area contributed by atoms with Crippen molar-refractivity contribution in [1.82, 2.24) is 0 Å². The lowest BCUT2D eigenvalue weighted by atomic mass is 10.1. The molecule has 2 aromatic rings. The predicted octanol–water partition coefficient (Wildman–Crippen LogP) is 3.59. The molecule has 2 aromatic carbocycles. The molecule has 1 saturated heterocycles. The number of carbonyl (C=O) groups excluding carboxylic acids is 1. The molecule has 0 bridgehead atoms. The van der Waals surface area contributed by atoms with Crippen LogP contribution in [-0.4, -0.2) is 32.7 Å². The molecule has 1 fully saturated rings. The van der Waals surface area contributed by atoms with E-state index in [4.69, 9.17) is 16.3 Å². The molecule has 0 spiro atoms. The Balaban J connectivity index is 1.87. The van der Waals surface area contributed by atoms with Crippen LogP contribution < -0.4 is 14.4 Å². The maximum Gasteiger partial charge on any atom is 0.249 e. The van der Waals surface area contributed by atoms with Gasteiger partial charge < -0.3 is 10.1 Å². The Kier molecular flexibility index (Phi) is 5.10. The van der Waals surface area contributed by atoms with Gasteiger partial charge in [0.25, 0.3) is 0 Å². The number of nitrogens with one attached hydrogen (secondary N) is 1. The molecule has 0 saturated carbocycles. The van der Waals surface area contributed by atoms with E-state index in [1.165, 1.54) is 11.2 Å². The van der Waals surface area contributed by atoms with Gasteiger partial charge in [0, 0.05) is 17.3 Å². The summed E-state index contributed by atoms with van der Waals surface area (Å²) in [5, 5.41) is 3.28. The van der Waals surface area contributed by atoms with E-state index in [9.17, 15) is 13.2 Å². The van der Waals surface area contributed by atoms with Crippen LogP contribution in [0.1, 0.15) is 18.9 Å². The normalized spacial score (nSPS) is 21.1. The Bertz CT molecular complexity index is 976. The molecular weight excluding hydrogens is 388 g/mol. The Morgan fingerprint density at radius 2 is 1.89 bits per heavy atom. The largest absolute Gasteiger partial charge is 0.497 e. The van der Waals surface area contributed by atoms with Crippen molar-refractivity contribution in [2.75, 3.05) is 23.3 Å². The highest BCUT2D eigenvalue weighted by atomic mass is 35.5. The number of nitrogens with zero attached hydrogens (tertiary/aromatic N) is 1. The van der Waals surface area contributed by atoms with Crippen LogP contribution >= 0.6 is 11.6 Å². The van der Waals surface area contributed by atoms with Crippen molar-refractivity contribution < 1.29 is 17.9 Å². The quantitative estimate of drug-likeness (QED) is 0.838. The van der Waals surface area contributed by atoms with Crippen molar-refractivity contribution in [3.05, 3.63) is 53.1 Å². The summed E-state index contributed by atoms with van der Waals surface area (Å²) in [6.45, 7) is 3.52. The van der Waals surface area contributed by atoms with E-state index in [1.54, 1.807) is 49.6 Å². The Hall–Kier alpha value is -2.25. The molecule has 27 heavy (non-hydrogen) atoms. The summed E-state index contributed by atoms with van der Waals surface area (Å²) in [5.41, 5.74) is 1.84. The van der Waals surface area contributed by atoms with Gasteiger partial charge in [-0.15, -0.1) is 0 Å². The maximum absolute atomic E-state index is 13.1. The average Bonchev–Trinajstić information content (AvgIpc) is 2.88. The van der Waals surface area contributed by atoms with Crippen molar-refractivity contribution in [3.63, 3.8) is 0 Å². The summed E-state index contributed by atoms with van der Waals surface area (Å²) in [7, 11) is -2.32. The highest BCUT2D eigenvalue weighted by Gasteiger charge is 2.54. The molecule has 0 radical (unpaired) electrons. The van der Waals surface area contributed by atoms with Gasteiger partial charge in [-0.1, -0.05) is 11.6 Å². The molecule has 0 aliphatic carbocycles. The Labute approximate surface area is 164 Å². The second kappa shape index (κ2) is 7.05. The molecule has 1 aliphatic heterocycles. The van der Waals surface area contributed by atoms with Crippen molar-refractivity contribution in [2.45, 2.75) is 25.0 Å². The maximum atomic E-state index is 13.1. The van der Waals surface area contributed by atoms with Crippen molar-refractivity contribution >= 4 is 38.9 Å². The Morgan fingerprint density at radius 1 is 1.22 bits per heavy atom. The number of amides is 1. The molecule has 3 rings (SSSR count). The summed E-state index contributed by atoms with van der Waals surface area (Å²) < 4.78 is 31.1. The number of sulfonamides is 1. The van der Waals surface area contributed by atoms with Crippen LogP contribution in [0.4, 0.5) is 11.4 Å². The predicted molar refractivity (Wildman–Crippen MR) is 107 cm³/mol. The highest BCUT2D eigenvalue weighted by molar-refractivity contribution is 7.95. The number of aryl methyl sites for hydroxylation is 1. The zero-order chi connectivity index (χ0) is 19.8. The number of halogens is 1. The van der Waals surface area contributed by atoms with Crippen LogP contribution in [0.2, 0.25) is 5.02 Å². The highest BCUT2D eigenvalue weighted by Crippen LogP contribution is 2.38. The van der Waals surface area contributed by atoms with Gasteiger partial charge in [-0.25, -0.2) is 8.42 Å². The number of methoxy groups -OCH3 is 1. The molecule has 8 heteroatoms. The molecule has 1 N–H and O–H groups in total. The summed E-state index contributed by atoms with van der Waals surface area (Å²) in [6, 6.07) is 11.7. The third kappa shape index (κ3) is 3.37. The molecule has 0 aromatic heterocycles. The lowest BCUT2D eigenvalue weighted by Crippen LogP contribution is -2.47. The van der Waals surface area contributed by atoms with Crippen LogP contribution in [0.15, 0.2) is 42.5 Å².